The first-order chi connectivity index (χ1) is 6.86. The van der Waals surface area contributed by atoms with Crippen LogP contribution in [0.15, 0.2) is 47.1 Å². The summed E-state index contributed by atoms with van der Waals surface area (Å²) in [6, 6.07) is 12.6. The number of aromatic nitrogens is 1. The molecule has 0 aliphatic heterocycles. The number of H-pyrrole nitrogens is 1. The highest BCUT2D eigenvalue weighted by Crippen LogP contribution is 2.29. The SMILES string of the molecule is Brc1cccc2c1ccc1cc[nH]c12. The lowest BCUT2D eigenvalue weighted by molar-refractivity contribution is 1.49. The standard InChI is InChI=1S/C12H8BrN/c13-11-3-1-2-10-9(11)5-4-8-6-7-14-12(8)10/h1-7,14H. The van der Waals surface area contributed by atoms with Crippen LogP contribution in [-0.4, -0.2) is 4.98 Å². The Kier molecular flexibility index (Phi) is 1.64. The van der Waals surface area contributed by atoms with Gasteiger partial charge in [-0.05, 0) is 17.5 Å². The molecule has 1 heterocycles. The Morgan fingerprint density at radius 3 is 2.79 bits per heavy atom. The van der Waals surface area contributed by atoms with Crippen molar-refractivity contribution < 1.29 is 0 Å². The van der Waals surface area contributed by atoms with Crippen LogP contribution in [0.2, 0.25) is 0 Å². The van der Waals surface area contributed by atoms with Crippen LogP contribution in [0.3, 0.4) is 0 Å². The molecule has 0 bridgehead atoms. The highest BCUT2D eigenvalue weighted by atomic mass is 79.9. The van der Waals surface area contributed by atoms with E-state index in [1.807, 2.05) is 6.20 Å². The van der Waals surface area contributed by atoms with E-state index in [4.69, 9.17) is 0 Å². The molecule has 3 aromatic rings. The van der Waals surface area contributed by atoms with E-state index in [1.54, 1.807) is 0 Å². The van der Waals surface area contributed by atoms with Gasteiger partial charge in [0.1, 0.15) is 0 Å². The van der Waals surface area contributed by atoms with Crippen LogP contribution in [0.4, 0.5) is 0 Å². The number of rotatable bonds is 0. The summed E-state index contributed by atoms with van der Waals surface area (Å²) in [7, 11) is 0. The lowest BCUT2D eigenvalue weighted by Crippen LogP contribution is -1.76. The molecule has 2 aromatic carbocycles. The van der Waals surface area contributed by atoms with Gasteiger partial charge in [-0.3, -0.25) is 0 Å². The molecule has 0 atom stereocenters. The van der Waals surface area contributed by atoms with Crippen molar-refractivity contribution in [1.82, 2.24) is 4.98 Å². The molecule has 0 aliphatic rings. The van der Waals surface area contributed by atoms with E-state index in [0.717, 1.165) is 4.47 Å². The first-order valence-electron chi connectivity index (χ1n) is 4.50. The summed E-state index contributed by atoms with van der Waals surface area (Å²) in [6.45, 7) is 0. The number of nitrogens with one attached hydrogen (secondary N) is 1. The molecule has 3 rings (SSSR count). The summed E-state index contributed by atoms with van der Waals surface area (Å²) in [5.74, 6) is 0. The van der Waals surface area contributed by atoms with Crippen LogP contribution in [-0.2, 0) is 0 Å². The van der Waals surface area contributed by atoms with Gasteiger partial charge in [0.05, 0.1) is 5.52 Å². The largest absolute Gasteiger partial charge is 0.361 e. The average Bonchev–Trinajstić information content (AvgIpc) is 2.66. The quantitative estimate of drug-likeness (QED) is 0.615. The molecule has 0 spiro atoms. The van der Waals surface area contributed by atoms with E-state index >= 15 is 0 Å². The first-order valence-corrected chi connectivity index (χ1v) is 5.30. The molecule has 0 aliphatic carbocycles. The van der Waals surface area contributed by atoms with Crippen molar-refractivity contribution in [2.75, 3.05) is 0 Å². The second-order valence-electron chi connectivity index (χ2n) is 3.34. The maximum absolute atomic E-state index is 3.56. The van der Waals surface area contributed by atoms with Crippen molar-refractivity contribution in [3.05, 3.63) is 47.1 Å². The molecule has 2 heteroatoms. The number of halogens is 1. The number of aromatic amines is 1. The van der Waals surface area contributed by atoms with Crippen LogP contribution in [0.25, 0.3) is 21.7 Å². The smallest absolute Gasteiger partial charge is 0.0533 e. The fourth-order valence-corrected chi connectivity index (χ4v) is 2.35. The lowest BCUT2D eigenvalue weighted by atomic mass is 10.1. The lowest BCUT2D eigenvalue weighted by Gasteiger charge is -2.01. The molecule has 1 aromatic heterocycles. The molecular weight excluding hydrogens is 238 g/mol. The Bertz CT molecular complexity index is 610. The summed E-state index contributed by atoms with van der Waals surface area (Å²) in [6.07, 6.45) is 1.98. The fourth-order valence-electron chi connectivity index (χ4n) is 1.85. The Morgan fingerprint density at radius 2 is 1.86 bits per heavy atom. The third-order valence-corrected chi connectivity index (χ3v) is 3.22. The van der Waals surface area contributed by atoms with Crippen molar-refractivity contribution >= 4 is 37.6 Å². The predicted molar refractivity (Wildman–Crippen MR) is 63.5 cm³/mol. The Balaban J connectivity index is 2.64. The summed E-state index contributed by atoms with van der Waals surface area (Å²) in [5.41, 5.74) is 1.21. The van der Waals surface area contributed by atoms with E-state index < -0.39 is 0 Å². The van der Waals surface area contributed by atoms with Gasteiger partial charge in [-0.2, -0.15) is 0 Å². The Morgan fingerprint density at radius 1 is 0.929 bits per heavy atom. The summed E-state index contributed by atoms with van der Waals surface area (Å²) in [5, 5.41) is 3.78. The van der Waals surface area contributed by atoms with Gasteiger partial charge in [-0.1, -0.05) is 40.2 Å². The minimum absolute atomic E-state index is 1.14. The summed E-state index contributed by atoms with van der Waals surface area (Å²) < 4.78 is 1.14. The van der Waals surface area contributed by atoms with Crippen LogP contribution in [0, 0.1) is 0 Å². The van der Waals surface area contributed by atoms with Crippen molar-refractivity contribution in [2.24, 2.45) is 0 Å². The maximum atomic E-state index is 3.56. The molecule has 0 saturated heterocycles. The van der Waals surface area contributed by atoms with E-state index in [2.05, 4.69) is 57.3 Å². The van der Waals surface area contributed by atoms with Crippen molar-refractivity contribution in [1.29, 1.82) is 0 Å². The normalized spacial score (nSPS) is 11.2. The van der Waals surface area contributed by atoms with Gasteiger partial charge in [-0.25, -0.2) is 0 Å². The van der Waals surface area contributed by atoms with Gasteiger partial charge in [0.25, 0.3) is 0 Å². The zero-order valence-electron chi connectivity index (χ0n) is 7.42. The van der Waals surface area contributed by atoms with Crippen LogP contribution >= 0.6 is 15.9 Å². The molecule has 1 nitrogen and oxygen atoms in total. The first kappa shape index (κ1) is 8.06. The third-order valence-electron chi connectivity index (χ3n) is 2.53. The van der Waals surface area contributed by atoms with Crippen molar-refractivity contribution in [3.8, 4) is 0 Å². The zero-order chi connectivity index (χ0) is 9.54. The molecular formula is C12H8BrN. The van der Waals surface area contributed by atoms with E-state index in [-0.39, 0.29) is 0 Å². The highest BCUT2D eigenvalue weighted by Gasteiger charge is 2.02. The molecule has 0 amide bonds. The topological polar surface area (TPSA) is 15.8 Å². The second-order valence-corrected chi connectivity index (χ2v) is 4.20. The molecule has 0 fully saturated rings. The van der Waals surface area contributed by atoms with Gasteiger partial charge >= 0.3 is 0 Å². The van der Waals surface area contributed by atoms with Gasteiger partial charge in [0, 0.05) is 21.4 Å². The van der Waals surface area contributed by atoms with E-state index in [0.29, 0.717) is 0 Å². The molecule has 0 unspecified atom stereocenters. The van der Waals surface area contributed by atoms with E-state index in [1.165, 1.54) is 21.7 Å². The highest BCUT2D eigenvalue weighted by molar-refractivity contribution is 9.10. The molecule has 0 radical (unpaired) electrons. The van der Waals surface area contributed by atoms with Gasteiger partial charge in [0.15, 0.2) is 0 Å². The minimum Gasteiger partial charge on any atom is -0.361 e. The van der Waals surface area contributed by atoms with Crippen LogP contribution in [0.1, 0.15) is 0 Å². The Labute approximate surface area is 89.9 Å². The minimum atomic E-state index is 1.14. The third kappa shape index (κ3) is 1.01. The summed E-state index contributed by atoms with van der Waals surface area (Å²) >= 11 is 3.56. The van der Waals surface area contributed by atoms with Gasteiger partial charge in [0.2, 0.25) is 0 Å². The van der Waals surface area contributed by atoms with Gasteiger partial charge < -0.3 is 4.98 Å². The maximum Gasteiger partial charge on any atom is 0.0533 e. The van der Waals surface area contributed by atoms with Crippen LogP contribution < -0.4 is 0 Å². The van der Waals surface area contributed by atoms with Gasteiger partial charge in [-0.15, -0.1) is 0 Å². The number of hydrogen-bond donors (Lipinski definition) is 1. The number of fused-ring (bicyclic) bond motifs is 3. The molecule has 0 saturated carbocycles. The van der Waals surface area contributed by atoms with Crippen molar-refractivity contribution in [2.45, 2.75) is 0 Å². The van der Waals surface area contributed by atoms with Crippen molar-refractivity contribution in [3.63, 3.8) is 0 Å². The monoisotopic (exact) mass is 245 g/mol. The van der Waals surface area contributed by atoms with E-state index in [9.17, 15) is 0 Å². The number of hydrogen-bond acceptors (Lipinski definition) is 0. The Hall–Kier alpha value is -1.28. The van der Waals surface area contributed by atoms with Crippen LogP contribution in [0.5, 0.6) is 0 Å². The number of benzene rings is 2. The molecule has 68 valence electrons. The molecule has 14 heavy (non-hydrogen) atoms. The molecule has 1 N–H and O–H groups in total. The predicted octanol–water partition coefficient (Wildman–Crippen LogP) is 4.08. The zero-order valence-corrected chi connectivity index (χ0v) is 9.01. The summed E-state index contributed by atoms with van der Waals surface area (Å²) in [4.78, 5) is 3.27. The second kappa shape index (κ2) is 2.85. The fraction of sp³-hybridized carbons (Fsp3) is 0. The average molecular weight is 246 g/mol.